The van der Waals surface area contributed by atoms with E-state index in [1.54, 1.807) is 58.6 Å². The van der Waals surface area contributed by atoms with Gasteiger partial charge in [-0.2, -0.15) is 14.9 Å². The van der Waals surface area contributed by atoms with Gasteiger partial charge >= 0.3 is 5.97 Å². The number of carbonyl (C=O) groups excluding carboxylic acids is 1. The first kappa shape index (κ1) is 18.0. The van der Waals surface area contributed by atoms with Gasteiger partial charge < -0.3 is 4.74 Å². The van der Waals surface area contributed by atoms with E-state index in [1.807, 2.05) is 35.7 Å². The van der Waals surface area contributed by atoms with Gasteiger partial charge in [-0.05, 0) is 65.6 Å². The van der Waals surface area contributed by atoms with Crippen molar-refractivity contribution in [3.05, 3.63) is 88.0 Å². The van der Waals surface area contributed by atoms with Gasteiger partial charge in [0.1, 0.15) is 5.75 Å². The Hall–Kier alpha value is -3.36. The van der Waals surface area contributed by atoms with E-state index in [4.69, 9.17) is 17.0 Å². The molecule has 2 heterocycles. The highest BCUT2D eigenvalue weighted by Crippen LogP contribution is 2.22. The molecule has 0 fully saturated rings. The fourth-order valence-corrected chi connectivity index (χ4v) is 3.33. The molecule has 8 heteroatoms. The van der Waals surface area contributed by atoms with Gasteiger partial charge in [0.25, 0.3) is 0 Å². The molecule has 0 amide bonds. The zero-order valence-corrected chi connectivity index (χ0v) is 16.1. The molecule has 0 radical (unpaired) electrons. The summed E-state index contributed by atoms with van der Waals surface area (Å²) in [5.41, 5.74) is 1.34. The number of nitrogens with zero attached hydrogens (tertiary/aromatic N) is 3. The fraction of sp³-hybridized carbons (Fsp3) is 0. The minimum Gasteiger partial charge on any atom is -0.423 e. The lowest BCUT2D eigenvalue weighted by Crippen LogP contribution is -2.08. The molecule has 0 aliphatic rings. The Bertz CT molecular complexity index is 1160. The average molecular weight is 406 g/mol. The van der Waals surface area contributed by atoms with E-state index in [9.17, 15) is 4.79 Å². The third kappa shape index (κ3) is 3.98. The zero-order chi connectivity index (χ0) is 19.3. The van der Waals surface area contributed by atoms with Gasteiger partial charge in [0.15, 0.2) is 5.82 Å². The van der Waals surface area contributed by atoms with Crippen LogP contribution in [0.25, 0.3) is 10.7 Å². The molecule has 0 aliphatic carbocycles. The molecular weight excluding hydrogens is 392 g/mol. The number of H-pyrrole nitrogens is 1. The quantitative estimate of drug-likeness (QED) is 0.224. The molecule has 4 aromatic rings. The summed E-state index contributed by atoms with van der Waals surface area (Å²) in [5, 5.41) is 13.4. The van der Waals surface area contributed by atoms with E-state index >= 15 is 0 Å². The first-order chi connectivity index (χ1) is 13.7. The number of hydrogen-bond acceptors (Lipinski definition) is 6. The predicted octanol–water partition coefficient (Wildman–Crippen LogP) is 4.77. The molecule has 2 aromatic heterocycles. The zero-order valence-electron chi connectivity index (χ0n) is 14.5. The Labute approximate surface area is 169 Å². The third-order valence-corrected chi connectivity index (χ3v) is 4.94. The van der Waals surface area contributed by atoms with Crippen molar-refractivity contribution in [1.29, 1.82) is 0 Å². The van der Waals surface area contributed by atoms with Gasteiger partial charge in [0.2, 0.25) is 4.77 Å². The molecule has 0 bridgehead atoms. The predicted molar refractivity (Wildman–Crippen MR) is 112 cm³/mol. The largest absolute Gasteiger partial charge is 0.423 e. The maximum atomic E-state index is 12.1. The van der Waals surface area contributed by atoms with Crippen molar-refractivity contribution in [2.24, 2.45) is 5.10 Å². The van der Waals surface area contributed by atoms with Gasteiger partial charge in [0, 0.05) is 0 Å². The van der Waals surface area contributed by atoms with Gasteiger partial charge in [-0.1, -0.05) is 24.3 Å². The minimum absolute atomic E-state index is 0.396. The average Bonchev–Trinajstić information content (AvgIpc) is 3.38. The number of hydrogen-bond donors (Lipinski definition) is 1. The lowest BCUT2D eigenvalue weighted by molar-refractivity contribution is 0.0735. The number of nitrogens with one attached hydrogen (secondary N) is 1. The summed E-state index contributed by atoms with van der Waals surface area (Å²) in [4.78, 5) is 13.1. The van der Waals surface area contributed by atoms with Crippen molar-refractivity contribution in [3.63, 3.8) is 0 Å². The molecule has 0 aliphatic heterocycles. The molecule has 1 N–H and O–H groups in total. The smallest absolute Gasteiger partial charge is 0.343 e. The van der Waals surface area contributed by atoms with Crippen molar-refractivity contribution in [1.82, 2.24) is 14.9 Å². The van der Waals surface area contributed by atoms with E-state index in [-0.39, 0.29) is 0 Å². The van der Waals surface area contributed by atoms with Gasteiger partial charge in [-0.25, -0.2) is 9.89 Å². The van der Waals surface area contributed by atoms with Crippen LogP contribution in [0.4, 0.5) is 0 Å². The van der Waals surface area contributed by atoms with Crippen molar-refractivity contribution in [3.8, 4) is 16.5 Å². The number of aromatic amines is 1. The second kappa shape index (κ2) is 8.12. The van der Waals surface area contributed by atoms with E-state index in [2.05, 4.69) is 15.3 Å². The second-order valence-electron chi connectivity index (χ2n) is 5.71. The summed E-state index contributed by atoms with van der Waals surface area (Å²) in [6.07, 6.45) is 1.67. The van der Waals surface area contributed by atoms with E-state index < -0.39 is 5.97 Å². The molecule has 0 spiro atoms. The van der Waals surface area contributed by atoms with E-state index in [0.717, 1.165) is 10.4 Å². The van der Waals surface area contributed by atoms with Crippen LogP contribution < -0.4 is 4.74 Å². The summed E-state index contributed by atoms with van der Waals surface area (Å²) in [6.45, 7) is 0. The molecule has 2 aromatic carbocycles. The number of thiophene rings is 1. The topological polar surface area (TPSA) is 72.3 Å². The minimum atomic E-state index is -0.396. The van der Waals surface area contributed by atoms with Crippen LogP contribution in [-0.4, -0.2) is 27.1 Å². The summed E-state index contributed by atoms with van der Waals surface area (Å²) in [5.74, 6) is 0.724. The number of ether oxygens (including phenoxy) is 1. The summed E-state index contributed by atoms with van der Waals surface area (Å²) >= 11 is 6.81. The highest BCUT2D eigenvalue weighted by Gasteiger charge is 2.09. The Morgan fingerprint density at radius 3 is 2.61 bits per heavy atom. The number of aromatic nitrogens is 3. The van der Waals surface area contributed by atoms with Gasteiger partial charge in [-0.15, -0.1) is 11.3 Å². The van der Waals surface area contributed by atoms with Crippen molar-refractivity contribution in [2.75, 3.05) is 0 Å². The summed E-state index contributed by atoms with van der Waals surface area (Å²) < 4.78 is 7.36. The molecule has 0 atom stereocenters. The molecular formula is C20H14N4O2S2. The lowest BCUT2D eigenvalue weighted by Gasteiger charge is -2.04. The van der Waals surface area contributed by atoms with Crippen LogP contribution >= 0.6 is 23.6 Å². The highest BCUT2D eigenvalue weighted by molar-refractivity contribution is 7.71. The molecule has 138 valence electrons. The number of benzene rings is 2. The number of carbonyl (C=O) groups is 1. The van der Waals surface area contributed by atoms with Crippen LogP contribution in [-0.2, 0) is 0 Å². The molecule has 0 saturated heterocycles. The first-order valence-electron chi connectivity index (χ1n) is 8.34. The van der Waals surface area contributed by atoms with Crippen molar-refractivity contribution in [2.45, 2.75) is 0 Å². The third-order valence-electron chi connectivity index (χ3n) is 3.81. The molecule has 0 saturated carbocycles. The van der Waals surface area contributed by atoms with Crippen molar-refractivity contribution >= 4 is 35.7 Å². The summed E-state index contributed by atoms with van der Waals surface area (Å²) in [7, 11) is 0. The van der Waals surface area contributed by atoms with Crippen LogP contribution in [0, 0.1) is 4.77 Å². The second-order valence-corrected chi connectivity index (χ2v) is 7.05. The number of rotatable bonds is 5. The van der Waals surface area contributed by atoms with Gasteiger partial charge in [-0.3, -0.25) is 0 Å². The molecule has 28 heavy (non-hydrogen) atoms. The monoisotopic (exact) mass is 406 g/mol. The SMILES string of the molecule is O=C(Oc1ccc(/C=N\n2c(-c3cccs3)n[nH]c2=S)cc1)c1ccccc1. The Kier molecular flexibility index (Phi) is 5.22. The fourth-order valence-electron chi connectivity index (χ4n) is 2.45. The maximum Gasteiger partial charge on any atom is 0.343 e. The molecule has 0 unspecified atom stereocenters. The van der Waals surface area contributed by atoms with Crippen LogP contribution in [0.1, 0.15) is 15.9 Å². The summed E-state index contributed by atoms with van der Waals surface area (Å²) in [6, 6.07) is 19.8. The lowest BCUT2D eigenvalue weighted by atomic mass is 10.2. The van der Waals surface area contributed by atoms with Crippen LogP contribution in [0.15, 0.2) is 77.2 Å². The first-order valence-corrected chi connectivity index (χ1v) is 9.62. The van der Waals surface area contributed by atoms with Crippen LogP contribution in [0.3, 0.4) is 0 Å². The Morgan fingerprint density at radius 2 is 1.89 bits per heavy atom. The van der Waals surface area contributed by atoms with Crippen LogP contribution in [0.2, 0.25) is 0 Å². The van der Waals surface area contributed by atoms with E-state index in [1.165, 1.54) is 0 Å². The van der Waals surface area contributed by atoms with Crippen molar-refractivity contribution < 1.29 is 9.53 Å². The van der Waals surface area contributed by atoms with Crippen LogP contribution in [0.5, 0.6) is 5.75 Å². The van der Waals surface area contributed by atoms with Gasteiger partial charge in [0.05, 0.1) is 16.7 Å². The Morgan fingerprint density at radius 1 is 1.11 bits per heavy atom. The van der Waals surface area contributed by atoms with E-state index in [0.29, 0.717) is 21.9 Å². The highest BCUT2D eigenvalue weighted by atomic mass is 32.1. The maximum absolute atomic E-state index is 12.1. The molecule has 4 rings (SSSR count). The molecule has 6 nitrogen and oxygen atoms in total. The normalized spacial score (nSPS) is 11.0. The number of esters is 1. The Balaban J connectivity index is 1.49. The standard InChI is InChI=1S/C20H14N4O2S2/c25-19(15-5-2-1-3-6-15)26-16-10-8-14(9-11-16)13-21-24-18(22-23-20(24)27)17-7-4-12-28-17/h1-13H,(H,23,27)/b21-13-.